The summed E-state index contributed by atoms with van der Waals surface area (Å²) in [6.07, 6.45) is -4.40. The molecule has 0 aromatic rings. The van der Waals surface area contributed by atoms with Crippen LogP contribution < -0.4 is 0 Å². The normalized spacial score (nSPS) is 11.1. The van der Waals surface area contributed by atoms with Gasteiger partial charge in [-0.15, -0.1) is 0 Å². The lowest BCUT2D eigenvalue weighted by Crippen LogP contribution is -2.21. The molecule has 0 rings (SSSR count). The molecule has 2 nitrogen and oxygen atoms in total. The highest BCUT2D eigenvalue weighted by molar-refractivity contribution is 4.43. The van der Waals surface area contributed by atoms with Gasteiger partial charge in [-0.1, -0.05) is 20.8 Å². The number of aliphatic hydroxyl groups excluding tert-OH is 1. The van der Waals surface area contributed by atoms with Crippen molar-refractivity contribution in [3.8, 4) is 0 Å². The predicted molar refractivity (Wildman–Crippen MR) is 46.6 cm³/mol. The summed E-state index contributed by atoms with van der Waals surface area (Å²) in [4.78, 5) is 2.38. The third kappa shape index (κ3) is 14.6. The molecule has 0 saturated carbocycles. The maximum Gasteiger partial charge on any atom is 0.411 e. The van der Waals surface area contributed by atoms with Crippen molar-refractivity contribution in [1.82, 2.24) is 4.90 Å². The van der Waals surface area contributed by atoms with Crippen LogP contribution >= 0.6 is 0 Å². The highest BCUT2D eigenvalue weighted by atomic mass is 19.4. The average Bonchev–Trinajstić information content (AvgIpc) is 2.07. The van der Waals surface area contributed by atoms with Crippen LogP contribution in [0.5, 0.6) is 0 Å². The lowest BCUT2D eigenvalue weighted by Gasteiger charge is -2.13. The molecule has 0 heterocycles. The van der Waals surface area contributed by atoms with Crippen LogP contribution in [0.15, 0.2) is 0 Å². The first-order valence-corrected chi connectivity index (χ1v) is 4.31. The molecule has 0 amide bonds. The minimum atomic E-state index is -4.40. The summed E-state index contributed by atoms with van der Waals surface area (Å²) in [5.74, 6) is 0. The smallest absolute Gasteiger partial charge is 0.387 e. The van der Waals surface area contributed by atoms with E-state index in [0.29, 0.717) is 0 Å². The van der Waals surface area contributed by atoms with Gasteiger partial charge >= 0.3 is 6.18 Å². The Kier molecular flexibility index (Phi) is 9.72. The molecule has 0 aliphatic rings. The molecule has 82 valence electrons. The van der Waals surface area contributed by atoms with E-state index in [-0.39, 0.29) is 0 Å². The number of hydrogen-bond donors (Lipinski definition) is 1. The van der Waals surface area contributed by atoms with Crippen molar-refractivity contribution >= 4 is 0 Å². The number of halogens is 3. The van der Waals surface area contributed by atoms with E-state index in [4.69, 9.17) is 5.11 Å². The number of aliphatic hydroxyl groups is 1. The summed E-state index contributed by atoms with van der Waals surface area (Å²) in [5.41, 5.74) is 0. The quantitative estimate of drug-likeness (QED) is 0.753. The Balaban J connectivity index is 0. The van der Waals surface area contributed by atoms with E-state index in [2.05, 4.69) is 25.7 Å². The maximum atomic E-state index is 10.5. The number of nitrogens with zero attached hydrogens (tertiary/aromatic N) is 1. The van der Waals surface area contributed by atoms with Crippen LogP contribution in [0, 0.1) is 0 Å². The first-order chi connectivity index (χ1) is 5.91. The first kappa shape index (κ1) is 15.2. The van der Waals surface area contributed by atoms with Gasteiger partial charge in [-0.05, 0) is 19.6 Å². The topological polar surface area (TPSA) is 23.5 Å². The van der Waals surface area contributed by atoms with E-state index in [1.807, 2.05) is 0 Å². The maximum absolute atomic E-state index is 10.5. The summed E-state index contributed by atoms with van der Waals surface area (Å²) in [5, 5.41) is 7.28. The molecule has 0 aliphatic heterocycles. The molecule has 0 aliphatic carbocycles. The standard InChI is InChI=1S/C6H15N.C2H3F3O/c1-4-7(5-2)6-3;3-2(4,5)1-6/h4-6H2,1-3H3;6H,1H2. The Hall–Kier alpha value is -0.290. The number of hydrogen-bond acceptors (Lipinski definition) is 2. The van der Waals surface area contributed by atoms with Crippen molar-refractivity contribution in [3.05, 3.63) is 0 Å². The molecule has 0 spiro atoms. The van der Waals surface area contributed by atoms with Gasteiger partial charge < -0.3 is 10.0 Å². The van der Waals surface area contributed by atoms with Gasteiger partial charge in [0.15, 0.2) is 0 Å². The van der Waals surface area contributed by atoms with Crippen LogP contribution in [0.1, 0.15) is 20.8 Å². The van der Waals surface area contributed by atoms with E-state index < -0.39 is 12.8 Å². The van der Waals surface area contributed by atoms with Crippen molar-refractivity contribution in [2.45, 2.75) is 26.9 Å². The van der Waals surface area contributed by atoms with Crippen LogP contribution in [0.3, 0.4) is 0 Å². The SMILES string of the molecule is CCN(CC)CC.OCC(F)(F)F. The molecule has 0 radical (unpaired) electrons. The van der Waals surface area contributed by atoms with Gasteiger partial charge in [0.25, 0.3) is 0 Å². The van der Waals surface area contributed by atoms with Gasteiger partial charge in [-0.25, -0.2) is 0 Å². The van der Waals surface area contributed by atoms with E-state index in [1.54, 1.807) is 0 Å². The molecule has 0 saturated heterocycles. The fourth-order valence-corrected chi connectivity index (χ4v) is 0.671. The Morgan fingerprint density at radius 3 is 1.23 bits per heavy atom. The van der Waals surface area contributed by atoms with E-state index in [1.165, 1.54) is 19.6 Å². The molecule has 0 aromatic carbocycles. The van der Waals surface area contributed by atoms with Crippen molar-refractivity contribution in [1.29, 1.82) is 0 Å². The summed E-state index contributed by atoms with van der Waals surface area (Å²) in [6, 6.07) is 0. The Morgan fingerprint density at radius 1 is 1.00 bits per heavy atom. The second kappa shape index (κ2) is 8.31. The largest absolute Gasteiger partial charge is 0.411 e. The van der Waals surface area contributed by atoms with E-state index in [9.17, 15) is 13.2 Å². The Labute approximate surface area is 77.4 Å². The summed E-state index contributed by atoms with van der Waals surface area (Å²) in [7, 11) is 0. The monoisotopic (exact) mass is 201 g/mol. The van der Waals surface area contributed by atoms with E-state index >= 15 is 0 Å². The molecule has 0 bridgehead atoms. The highest BCUT2D eigenvalue weighted by Crippen LogP contribution is 2.11. The average molecular weight is 201 g/mol. The first-order valence-electron chi connectivity index (χ1n) is 4.31. The summed E-state index contributed by atoms with van der Waals surface area (Å²) in [6.45, 7) is 8.40. The fraction of sp³-hybridized carbons (Fsp3) is 1.00. The van der Waals surface area contributed by atoms with Crippen LogP contribution in [-0.4, -0.2) is 42.4 Å². The second-order valence-corrected chi connectivity index (χ2v) is 2.39. The van der Waals surface area contributed by atoms with Crippen LogP contribution in [0.4, 0.5) is 13.2 Å². The van der Waals surface area contributed by atoms with E-state index in [0.717, 1.165) is 0 Å². The zero-order valence-electron chi connectivity index (χ0n) is 8.36. The molecule has 1 N–H and O–H groups in total. The molecular weight excluding hydrogens is 183 g/mol. The van der Waals surface area contributed by atoms with Crippen molar-refractivity contribution in [2.75, 3.05) is 26.2 Å². The molecule has 5 heteroatoms. The number of rotatable bonds is 3. The minimum Gasteiger partial charge on any atom is -0.387 e. The van der Waals surface area contributed by atoms with Gasteiger partial charge in [0.1, 0.15) is 6.61 Å². The van der Waals surface area contributed by atoms with Crippen LogP contribution in [0.25, 0.3) is 0 Å². The molecule has 0 unspecified atom stereocenters. The van der Waals surface area contributed by atoms with Crippen LogP contribution in [-0.2, 0) is 0 Å². The second-order valence-electron chi connectivity index (χ2n) is 2.39. The van der Waals surface area contributed by atoms with Gasteiger partial charge in [0.05, 0.1) is 0 Å². The lowest BCUT2D eigenvalue weighted by molar-refractivity contribution is -0.159. The van der Waals surface area contributed by atoms with Gasteiger partial charge in [0.2, 0.25) is 0 Å². The highest BCUT2D eigenvalue weighted by Gasteiger charge is 2.24. The third-order valence-electron chi connectivity index (χ3n) is 1.52. The van der Waals surface area contributed by atoms with Crippen molar-refractivity contribution < 1.29 is 18.3 Å². The lowest BCUT2D eigenvalue weighted by atomic mass is 10.5. The molecule has 0 aromatic heterocycles. The van der Waals surface area contributed by atoms with Gasteiger partial charge in [0, 0.05) is 0 Å². The Bertz CT molecular complexity index is 96.5. The summed E-state index contributed by atoms with van der Waals surface area (Å²) >= 11 is 0. The Morgan fingerprint density at radius 2 is 1.23 bits per heavy atom. The predicted octanol–water partition coefficient (Wildman–Crippen LogP) is 1.89. The molecule has 0 atom stereocenters. The zero-order valence-corrected chi connectivity index (χ0v) is 8.36. The van der Waals surface area contributed by atoms with Crippen molar-refractivity contribution in [3.63, 3.8) is 0 Å². The van der Waals surface area contributed by atoms with Crippen LogP contribution in [0.2, 0.25) is 0 Å². The third-order valence-corrected chi connectivity index (χ3v) is 1.52. The molecule has 0 fully saturated rings. The molecule has 13 heavy (non-hydrogen) atoms. The number of alkyl halides is 3. The summed E-state index contributed by atoms with van der Waals surface area (Å²) < 4.78 is 31.6. The minimum absolute atomic E-state index is 1.19. The zero-order chi connectivity index (χ0) is 10.9. The van der Waals surface area contributed by atoms with Crippen molar-refractivity contribution in [2.24, 2.45) is 0 Å². The van der Waals surface area contributed by atoms with Gasteiger partial charge in [-0.3, -0.25) is 0 Å². The molecular formula is C8H18F3NO. The fourth-order valence-electron chi connectivity index (χ4n) is 0.671. The van der Waals surface area contributed by atoms with Gasteiger partial charge in [-0.2, -0.15) is 13.2 Å².